The van der Waals surface area contributed by atoms with Gasteiger partial charge < -0.3 is 10.6 Å². The highest BCUT2D eigenvalue weighted by atomic mass is 32.2. The zero-order valence-corrected chi connectivity index (χ0v) is 11.5. The summed E-state index contributed by atoms with van der Waals surface area (Å²) in [5.41, 5.74) is 0. The van der Waals surface area contributed by atoms with Crippen LogP contribution in [0.15, 0.2) is 16.3 Å². The van der Waals surface area contributed by atoms with Crippen molar-refractivity contribution in [3.8, 4) is 0 Å². The van der Waals surface area contributed by atoms with Crippen molar-refractivity contribution in [1.82, 2.24) is 15.4 Å². The number of hydrogen-bond acceptors (Lipinski definition) is 5. The van der Waals surface area contributed by atoms with Crippen LogP contribution in [-0.2, 0) is 10.0 Å². The number of nitrogens with one attached hydrogen (secondary N) is 3. The molecule has 2 rings (SSSR count). The van der Waals surface area contributed by atoms with Gasteiger partial charge in [-0.15, -0.1) is 11.3 Å². The predicted octanol–water partition coefficient (Wildman–Crippen LogP) is -0.252. The quantitative estimate of drug-likeness (QED) is 0.713. The first-order valence-corrected chi connectivity index (χ1v) is 7.93. The van der Waals surface area contributed by atoms with E-state index in [2.05, 4.69) is 15.4 Å². The van der Waals surface area contributed by atoms with E-state index in [4.69, 9.17) is 0 Å². The van der Waals surface area contributed by atoms with E-state index >= 15 is 0 Å². The third kappa shape index (κ3) is 2.89. The lowest BCUT2D eigenvalue weighted by Gasteiger charge is -2.09. The molecule has 1 fully saturated rings. The molecule has 2 heterocycles. The second-order valence-electron chi connectivity index (χ2n) is 4.02. The van der Waals surface area contributed by atoms with Gasteiger partial charge in [0, 0.05) is 18.0 Å². The molecule has 0 bridgehead atoms. The van der Waals surface area contributed by atoms with E-state index in [1.165, 1.54) is 18.5 Å². The van der Waals surface area contributed by atoms with Crippen molar-refractivity contribution >= 4 is 27.3 Å². The van der Waals surface area contributed by atoms with Crippen LogP contribution in [0.5, 0.6) is 0 Å². The van der Waals surface area contributed by atoms with Crippen molar-refractivity contribution in [2.24, 2.45) is 0 Å². The Bertz CT molecular complexity index is 532. The van der Waals surface area contributed by atoms with E-state index in [9.17, 15) is 13.2 Å². The van der Waals surface area contributed by atoms with Crippen LogP contribution >= 0.6 is 11.3 Å². The largest absolute Gasteiger partial charge is 0.347 e. The second-order valence-corrected chi connectivity index (χ2v) is 6.82. The minimum Gasteiger partial charge on any atom is -0.347 e. The Balaban J connectivity index is 2.07. The molecule has 100 valence electrons. The van der Waals surface area contributed by atoms with Gasteiger partial charge in [0.2, 0.25) is 10.0 Å². The van der Waals surface area contributed by atoms with Crippen LogP contribution in [0.4, 0.5) is 0 Å². The maximum Gasteiger partial charge on any atom is 0.261 e. The number of amides is 1. The molecule has 1 aromatic heterocycles. The molecular formula is C10H15N3O3S2. The first kappa shape index (κ1) is 13.5. The van der Waals surface area contributed by atoms with Gasteiger partial charge in [0.1, 0.15) is 0 Å². The third-order valence-electron chi connectivity index (χ3n) is 2.77. The normalized spacial score (nSPS) is 19.9. The van der Waals surface area contributed by atoms with Gasteiger partial charge in [-0.3, -0.25) is 4.79 Å². The van der Waals surface area contributed by atoms with Crippen molar-refractivity contribution < 1.29 is 13.2 Å². The molecule has 8 heteroatoms. The molecule has 0 spiro atoms. The number of carbonyl (C=O) groups excluding carboxylic acids is 1. The molecule has 1 saturated heterocycles. The maximum atomic E-state index is 11.9. The van der Waals surface area contributed by atoms with Crippen LogP contribution in [0, 0.1) is 0 Å². The van der Waals surface area contributed by atoms with Gasteiger partial charge in [-0.05, 0) is 26.1 Å². The Morgan fingerprint density at radius 1 is 1.56 bits per heavy atom. The number of rotatable bonds is 4. The lowest BCUT2D eigenvalue weighted by atomic mass is 10.2. The summed E-state index contributed by atoms with van der Waals surface area (Å²) in [5, 5.41) is 7.49. The summed E-state index contributed by atoms with van der Waals surface area (Å²) in [4.78, 5) is 12.4. The van der Waals surface area contributed by atoms with Crippen LogP contribution in [0.3, 0.4) is 0 Å². The first-order chi connectivity index (χ1) is 8.53. The second kappa shape index (κ2) is 5.35. The molecule has 1 unspecified atom stereocenters. The fourth-order valence-electron chi connectivity index (χ4n) is 1.73. The van der Waals surface area contributed by atoms with E-state index in [-0.39, 0.29) is 16.8 Å². The van der Waals surface area contributed by atoms with Crippen molar-refractivity contribution in [2.45, 2.75) is 17.4 Å². The van der Waals surface area contributed by atoms with Crippen LogP contribution in [0.2, 0.25) is 0 Å². The highest BCUT2D eigenvalue weighted by Crippen LogP contribution is 2.19. The summed E-state index contributed by atoms with van der Waals surface area (Å²) < 4.78 is 25.3. The van der Waals surface area contributed by atoms with Crippen molar-refractivity contribution in [1.29, 1.82) is 0 Å². The van der Waals surface area contributed by atoms with Gasteiger partial charge in [-0.1, -0.05) is 0 Å². The molecule has 0 aliphatic carbocycles. The third-order valence-corrected chi connectivity index (χ3v) is 5.25. The number of thiophene rings is 1. The summed E-state index contributed by atoms with van der Waals surface area (Å²) in [6, 6.07) is 1.53. The maximum absolute atomic E-state index is 11.9. The minimum atomic E-state index is -3.47. The van der Waals surface area contributed by atoms with Gasteiger partial charge in [0.05, 0.1) is 9.77 Å². The predicted molar refractivity (Wildman–Crippen MR) is 69.3 cm³/mol. The zero-order chi connectivity index (χ0) is 13.2. The van der Waals surface area contributed by atoms with E-state index < -0.39 is 10.0 Å². The summed E-state index contributed by atoms with van der Waals surface area (Å²) in [7, 11) is -2.13. The van der Waals surface area contributed by atoms with Crippen molar-refractivity contribution in [2.75, 3.05) is 20.1 Å². The molecule has 0 saturated carbocycles. The molecule has 1 amide bonds. The molecule has 3 N–H and O–H groups in total. The summed E-state index contributed by atoms with van der Waals surface area (Å²) in [6.07, 6.45) is 0.902. The standard InChI is InChI=1S/C10H15N3O3S2/c1-11-18(15,16)8-4-9(17-6-8)10(14)13-7-2-3-12-5-7/h4,6-7,11-12H,2-3,5H2,1H3,(H,13,14). The average Bonchev–Trinajstić information content (AvgIpc) is 2.99. The molecule has 1 aliphatic heterocycles. The lowest BCUT2D eigenvalue weighted by Crippen LogP contribution is -2.35. The minimum absolute atomic E-state index is 0.129. The first-order valence-electron chi connectivity index (χ1n) is 5.56. The van der Waals surface area contributed by atoms with E-state index in [1.54, 1.807) is 0 Å². The van der Waals surface area contributed by atoms with E-state index in [1.807, 2.05) is 0 Å². The van der Waals surface area contributed by atoms with Gasteiger partial charge in [0.25, 0.3) is 5.91 Å². The van der Waals surface area contributed by atoms with Crippen molar-refractivity contribution in [3.05, 3.63) is 16.3 Å². The molecule has 1 aliphatic rings. The van der Waals surface area contributed by atoms with Crippen LogP contribution < -0.4 is 15.4 Å². The van der Waals surface area contributed by atoms with Gasteiger partial charge in [-0.2, -0.15) is 0 Å². The highest BCUT2D eigenvalue weighted by Gasteiger charge is 2.20. The lowest BCUT2D eigenvalue weighted by molar-refractivity contribution is 0.0944. The van der Waals surface area contributed by atoms with Gasteiger partial charge >= 0.3 is 0 Å². The Labute approximate surface area is 110 Å². The topological polar surface area (TPSA) is 87.3 Å². The molecule has 6 nitrogen and oxygen atoms in total. The number of sulfonamides is 1. The summed E-state index contributed by atoms with van der Waals surface area (Å²) in [6.45, 7) is 1.66. The molecule has 0 aromatic carbocycles. The fraction of sp³-hybridized carbons (Fsp3) is 0.500. The van der Waals surface area contributed by atoms with Gasteiger partial charge in [-0.25, -0.2) is 13.1 Å². The molecular weight excluding hydrogens is 274 g/mol. The molecule has 1 aromatic rings. The van der Waals surface area contributed by atoms with Crippen LogP contribution in [0.25, 0.3) is 0 Å². The summed E-state index contributed by atoms with van der Waals surface area (Å²) in [5.74, 6) is -0.216. The fourth-order valence-corrected chi connectivity index (χ4v) is 3.64. The van der Waals surface area contributed by atoms with Gasteiger partial charge in [0.15, 0.2) is 0 Å². The Kier molecular flexibility index (Phi) is 4.00. The zero-order valence-electron chi connectivity index (χ0n) is 9.89. The number of hydrogen-bond donors (Lipinski definition) is 3. The molecule has 1 atom stereocenters. The van der Waals surface area contributed by atoms with Crippen molar-refractivity contribution in [3.63, 3.8) is 0 Å². The summed E-state index contributed by atoms with van der Waals surface area (Å²) >= 11 is 1.13. The van der Waals surface area contributed by atoms with E-state index in [0.717, 1.165) is 30.8 Å². The smallest absolute Gasteiger partial charge is 0.261 e. The van der Waals surface area contributed by atoms with Crippen LogP contribution in [0.1, 0.15) is 16.1 Å². The molecule has 18 heavy (non-hydrogen) atoms. The Hall–Kier alpha value is -0.960. The Morgan fingerprint density at radius 3 is 2.94 bits per heavy atom. The SMILES string of the molecule is CNS(=O)(=O)c1csc(C(=O)NC2CCNC2)c1. The molecule has 0 radical (unpaired) electrons. The Morgan fingerprint density at radius 2 is 2.33 bits per heavy atom. The average molecular weight is 289 g/mol. The van der Waals surface area contributed by atoms with E-state index in [0.29, 0.717) is 4.88 Å². The van der Waals surface area contributed by atoms with Crippen LogP contribution in [-0.4, -0.2) is 40.5 Å². The number of carbonyl (C=O) groups is 1. The monoisotopic (exact) mass is 289 g/mol. The highest BCUT2D eigenvalue weighted by molar-refractivity contribution is 7.89.